The minimum atomic E-state index is -0.654. The predicted molar refractivity (Wildman–Crippen MR) is 90.2 cm³/mol. The lowest BCUT2D eigenvalue weighted by molar-refractivity contribution is -0.119. The smallest absolute Gasteiger partial charge is 0.254 e. The van der Waals surface area contributed by atoms with Crippen LogP contribution in [0.1, 0.15) is 28.8 Å². The number of nitrogens with zero attached hydrogens (tertiary/aromatic N) is 1. The summed E-state index contributed by atoms with van der Waals surface area (Å²) in [7, 11) is 0. The zero-order chi connectivity index (χ0) is 18.0. The number of benzene rings is 2. The summed E-state index contributed by atoms with van der Waals surface area (Å²) in [6, 6.07) is 8.90. The van der Waals surface area contributed by atoms with Gasteiger partial charge in [0.15, 0.2) is 0 Å². The molecule has 1 heterocycles. The van der Waals surface area contributed by atoms with Gasteiger partial charge in [0.25, 0.3) is 5.91 Å². The van der Waals surface area contributed by atoms with Crippen LogP contribution in [0.5, 0.6) is 0 Å². The Morgan fingerprint density at radius 1 is 1.12 bits per heavy atom. The number of carbonyl (C=O) groups is 2. The molecule has 130 valence electrons. The minimum Gasteiger partial charge on any atom is -0.327 e. The summed E-state index contributed by atoms with van der Waals surface area (Å²) in [6.07, 6.45) is 1.20. The molecule has 1 saturated heterocycles. The molecule has 0 radical (unpaired) electrons. The number of nitrogens with one attached hydrogen (secondary N) is 1. The summed E-state index contributed by atoms with van der Waals surface area (Å²) < 4.78 is 26.7. The largest absolute Gasteiger partial charge is 0.327 e. The van der Waals surface area contributed by atoms with Crippen LogP contribution >= 0.6 is 0 Å². The van der Waals surface area contributed by atoms with E-state index in [2.05, 4.69) is 5.32 Å². The number of anilines is 1. The maximum absolute atomic E-state index is 13.4. The Hall–Kier alpha value is -2.76. The fraction of sp³-hybridized carbons (Fsp3) is 0.263. The molecule has 1 fully saturated rings. The van der Waals surface area contributed by atoms with E-state index in [4.69, 9.17) is 0 Å². The van der Waals surface area contributed by atoms with Crippen LogP contribution in [-0.2, 0) is 4.79 Å². The van der Waals surface area contributed by atoms with Crippen molar-refractivity contribution in [3.05, 3.63) is 65.2 Å². The Kier molecular flexibility index (Phi) is 4.79. The predicted octanol–water partition coefficient (Wildman–Crippen LogP) is 3.52. The Bertz CT molecular complexity index is 823. The summed E-state index contributed by atoms with van der Waals surface area (Å²) in [5, 5.41) is 2.69. The maximum atomic E-state index is 13.4. The van der Waals surface area contributed by atoms with Crippen molar-refractivity contribution in [1.29, 1.82) is 0 Å². The Morgan fingerprint density at radius 2 is 1.88 bits per heavy atom. The number of rotatable bonds is 3. The SMILES string of the molecule is Cc1ccc(F)cc1NC(=O)[C@@H]1CCCN1C(=O)c1cccc(F)c1. The van der Waals surface area contributed by atoms with E-state index in [1.54, 1.807) is 13.0 Å². The third-order valence-electron chi connectivity index (χ3n) is 4.35. The highest BCUT2D eigenvalue weighted by molar-refractivity contribution is 6.01. The molecule has 0 aromatic heterocycles. The molecular formula is C19H18F2N2O2. The van der Waals surface area contributed by atoms with Crippen LogP contribution in [0.2, 0.25) is 0 Å². The monoisotopic (exact) mass is 344 g/mol. The van der Waals surface area contributed by atoms with Crippen molar-refractivity contribution in [3.8, 4) is 0 Å². The summed E-state index contributed by atoms with van der Waals surface area (Å²) >= 11 is 0. The van der Waals surface area contributed by atoms with Crippen LogP contribution in [0.4, 0.5) is 14.5 Å². The van der Waals surface area contributed by atoms with E-state index in [0.717, 1.165) is 11.6 Å². The van der Waals surface area contributed by atoms with E-state index in [0.29, 0.717) is 25.1 Å². The number of aryl methyl sites for hydroxylation is 1. The molecule has 4 nitrogen and oxygen atoms in total. The number of amides is 2. The van der Waals surface area contributed by atoms with Crippen LogP contribution in [-0.4, -0.2) is 29.3 Å². The average molecular weight is 344 g/mol. The number of likely N-dealkylation sites (tertiary alicyclic amines) is 1. The number of carbonyl (C=O) groups excluding carboxylic acids is 2. The standard InChI is InChI=1S/C19H18F2N2O2/c1-12-7-8-15(21)11-16(12)22-18(24)17-6-3-9-23(17)19(25)13-4-2-5-14(20)10-13/h2,4-5,7-8,10-11,17H,3,6,9H2,1H3,(H,22,24)/t17-/m0/s1. The van der Waals surface area contributed by atoms with Crippen LogP contribution < -0.4 is 5.32 Å². The second-order valence-electron chi connectivity index (χ2n) is 6.12. The first-order valence-corrected chi connectivity index (χ1v) is 8.09. The van der Waals surface area contributed by atoms with Crippen molar-refractivity contribution >= 4 is 17.5 Å². The number of hydrogen-bond acceptors (Lipinski definition) is 2. The lowest BCUT2D eigenvalue weighted by atomic mass is 10.1. The third kappa shape index (κ3) is 3.68. The van der Waals surface area contributed by atoms with Gasteiger partial charge in [-0.25, -0.2) is 8.78 Å². The van der Waals surface area contributed by atoms with E-state index in [1.165, 1.54) is 35.2 Å². The van der Waals surface area contributed by atoms with Crippen molar-refractivity contribution < 1.29 is 18.4 Å². The highest BCUT2D eigenvalue weighted by atomic mass is 19.1. The molecule has 0 unspecified atom stereocenters. The molecule has 6 heteroatoms. The summed E-state index contributed by atoms with van der Waals surface area (Å²) in [4.78, 5) is 26.6. The molecule has 0 aliphatic carbocycles. The van der Waals surface area contributed by atoms with E-state index in [9.17, 15) is 18.4 Å². The van der Waals surface area contributed by atoms with Crippen molar-refractivity contribution in [3.63, 3.8) is 0 Å². The van der Waals surface area contributed by atoms with Crippen molar-refractivity contribution in [2.45, 2.75) is 25.8 Å². The molecule has 3 rings (SSSR count). The molecule has 0 bridgehead atoms. The Balaban J connectivity index is 1.78. The molecule has 2 aromatic rings. The first-order chi connectivity index (χ1) is 12.0. The molecule has 1 aliphatic heterocycles. The lowest BCUT2D eigenvalue weighted by Gasteiger charge is -2.24. The maximum Gasteiger partial charge on any atom is 0.254 e. The highest BCUT2D eigenvalue weighted by Gasteiger charge is 2.34. The van der Waals surface area contributed by atoms with E-state index < -0.39 is 17.7 Å². The molecule has 1 aliphatic rings. The minimum absolute atomic E-state index is 0.210. The van der Waals surface area contributed by atoms with Gasteiger partial charge in [-0.2, -0.15) is 0 Å². The van der Waals surface area contributed by atoms with Gasteiger partial charge in [0.05, 0.1) is 0 Å². The van der Waals surface area contributed by atoms with Crippen molar-refractivity contribution in [1.82, 2.24) is 4.90 Å². The Morgan fingerprint density at radius 3 is 2.64 bits per heavy atom. The molecule has 1 atom stereocenters. The van der Waals surface area contributed by atoms with Gasteiger partial charge in [0.2, 0.25) is 5.91 Å². The second-order valence-corrected chi connectivity index (χ2v) is 6.12. The molecular weight excluding hydrogens is 326 g/mol. The van der Waals surface area contributed by atoms with Gasteiger partial charge in [-0.15, -0.1) is 0 Å². The zero-order valence-electron chi connectivity index (χ0n) is 13.8. The van der Waals surface area contributed by atoms with Gasteiger partial charge < -0.3 is 10.2 Å². The topological polar surface area (TPSA) is 49.4 Å². The van der Waals surface area contributed by atoms with Crippen LogP contribution in [0.25, 0.3) is 0 Å². The summed E-state index contributed by atoms with van der Waals surface area (Å²) in [5.74, 6) is -1.69. The number of hydrogen-bond donors (Lipinski definition) is 1. The second kappa shape index (κ2) is 7.01. The van der Waals surface area contributed by atoms with Gasteiger partial charge in [-0.05, 0) is 55.7 Å². The van der Waals surface area contributed by atoms with Crippen LogP contribution in [0.15, 0.2) is 42.5 Å². The molecule has 2 amide bonds. The first-order valence-electron chi connectivity index (χ1n) is 8.09. The fourth-order valence-electron chi connectivity index (χ4n) is 3.01. The highest BCUT2D eigenvalue weighted by Crippen LogP contribution is 2.23. The molecule has 1 N–H and O–H groups in total. The van der Waals surface area contributed by atoms with Gasteiger partial charge in [-0.3, -0.25) is 9.59 Å². The van der Waals surface area contributed by atoms with Crippen LogP contribution in [0, 0.1) is 18.6 Å². The Labute approximate surface area is 144 Å². The quantitative estimate of drug-likeness (QED) is 0.926. The summed E-state index contributed by atoms with van der Waals surface area (Å²) in [5.41, 5.74) is 1.33. The van der Waals surface area contributed by atoms with Gasteiger partial charge >= 0.3 is 0 Å². The van der Waals surface area contributed by atoms with Crippen molar-refractivity contribution in [2.24, 2.45) is 0 Å². The molecule has 0 saturated carbocycles. The first kappa shape index (κ1) is 17.1. The lowest BCUT2D eigenvalue weighted by Crippen LogP contribution is -2.43. The van der Waals surface area contributed by atoms with E-state index >= 15 is 0 Å². The normalized spacial score (nSPS) is 16.8. The fourth-order valence-corrected chi connectivity index (χ4v) is 3.01. The van der Waals surface area contributed by atoms with E-state index in [1.807, 2.05) is 0 Å². The summed E-state index contributed by atoms with van der Waals surface area (Å²) in [6.45, 7) is 2.19. The van der Waals surface area contributed by atoms with E-state index in [-0.39, 0.29) is 17.4 Å². The van der Waals surface area contributed by atoms with Crippen LogP contribution in [0.3, 0.4) is 0 Å². The van der Waals surface area contributed by atoms with Gasteiger partial charge in [0.1, 0.15) is 17.7 Å². The van der Waals surface area contributed by atoms with Gasteiger partial charge in [0, 0.05) is 17.8 Å². The molecule has 0 spiro atoms. The van der Waals surface area contributed by atoms with Gasteiger partial charge in [-0.1, -0.05) is 12.1 Å². The third-order valence-corrected chi connectivity index (χ3v) is 4.35. The average Bonchev–Trinajstić information content (AvgIpc) is 3.07. The molecule has 2 aromatic carbocycles. The number of halogens is 2. The van der Waals surface area contributed by atoms with Crippen molar-refractivity contribution in [2.75, 3.05) is 11.9 Å². The zero-order valence-corrected chi connectivity index (χ0v) is 13.8. The molecule has 25 heavy (non-hydrogen) atoms.